The van der Waals surface area contributed by atoms with Gasteiger partial charge in [-0.2, -0.15) is 0 Å². The van der Waals surface area contributed by atoms with Gasteiger partial charge in [-0.25, -0.2) is 0 Å². The molecule has 1 saturated carbocycles. The van der Waals surface area contributed by atoms with Gasteiger partial charge >= 0.3 is 0 Å². The van der Waals surface area contributed by atoms with Crippen molar-refractivity contribution < 1.29 is 0 Å². The minimum atomic E-state index is 0.447. The van der Waals surface area contributed by atoms with Gasteiger partial charge in [0.05, 0.1) is 0 Å². The lowest BCUT2D eigenvalue weighted by Gasteiger charge is -2.34. The predicted octanol–water partition coefficient (Wildman–Crippen LogP) is 3.56. The topological polar surface area (TPSA) is 24.9 Å². The van der Waals surface area contributed by atoms with Crippen LogP contribution in [0.1, 0.15) is 51.6 Å². The number of hydrogen-bond acceptors (Lipinski definition) is 2. The van der Waals surface area contributed by atoms with E-state index in [0.717, 1.165) is 12.5 Å². The summed E-state index contributed by atoms with van der Waals surface area (Å²) in [6.45, 7) is 8.02. The van der Waals surface area contributed by atoms with Crippen LogP contribution in [0.5, 0.6) is 0 Å². The van der Waals surface area contributed by atoms with Crippen LogP contribution in [0.4, 0.5) is 0 Å². The zero-order valence-electron chi connectivity index (χ0n) is 11.2. The van der Waals surface area contributed by atoms with Gasteiger partial charge < -0.3 is 5.32 Å². The first-order valence-corrected chi connectivity index (χ1v) is 6.78. The second-order valence-electron chi connectivity index (χ2n) is 5.81. The van der Waals surface area contributed by atoms with E-state index in [2.05, 4.69) is 37.1 Å². The molecule has 1 N–H and O–H groups in total. The van der Waals surface area contributed by atoms with Crippen molar-refractivity contribution in [2.24, 2.45) is 11.3 Å². The number of hydrogen-bond donors (Lipinski definition) is 1. The van der Waals surface area contributed by atoms with Crippen LogP contribution in [-0.4, -0.2) is 11.5 Å². The summed E-state index contributed by atoms with van der Waals surface area (Å²) in [4.78, 5) is 4.27. The molecule has 1 aliphatic carbocycles. The SMILES string of the molecule is CCNC(c1cccnc1)C1CCCC1(C)C. The van der Waals surface area contributed by atoms with Gasteiger partial charge in [-0.1, -0.05) is 33.3 Å². The van der Waals surface area contributed by atoms with Crippen molar-refractivity contribution in [2.45, 2.75) is 46.1 Å². The quantitative estimate of drug-likeness (QED) is 0.858. The largest absolute Gasteiger partial charge is 0.310 e. The Morgan fingerprint density at radius 3 is 2.88 bits per heavy atom. The van der Waals surface area contributed by atoms with Gasteiger partial charge in [-0.05, 0) is 42.3 Å². The first kappa shape index (κ1) is 12.6. The molecule has 1 aliphatic rings. The van der Waals surface area contributed by atoms with Gasteiger partial charge in [0, 0.05) is 18.4 Å². The fraction of sp³-hybridized carbons (Fsp3) is 0.667. The van der Waals surface area contributed by atoms with E-state index in [1.165, 1.54) is 24.8 Å². The van der Waals surface area contributed by atoms with E-state index in [9.17, 15) is 0 Å². The van der Waals surface area contributed by atoms with Crippen molar-refractivity contribution in [1.82, 2.24) is 10.3 Å². The maximum absolute atomic E-state index is 4.27. The van der Waals surface area contributed by atoms with Crippen molar-refractivity contribution in [1.29, 1.82) is 0 Å². The van der Waals surface area contributed by atoms with Crippen molar-refractivity contribution >= 4 is 0 Å². The van der Waals surface area contributed by atoms with Crippen LogP contribution in [-0.2, 0) is 0 Å². The Labute approximate surface area is 105 Å². The van der Waals surface area contributed by atoms with Gasteiger partial charge in [-0.15, -0.1) is 0 Å². The normalized spacial score (nSPS) is 24.8. The maximum Gasteiger partial charge on any atom is 0.0368 e. The van der Waals surface area contributed by atoms with E-state index in [-0.39, 0.29) is 0 Å². The Hall–Kier alpha value is -0.890. The fourth-order valence-corrected chi connectivity index (χ4v) is 3.24. The summed E-state index contributed by atoms with van der Waals surface area (Å²) < 4.78 is 0. The maximum atomic E-state index is 4.27. The molecular weight excluding hydrogens is 208 g/mol. The molecule has 0 spiro atoms. The van der Waals surface area contributed by atoms with E-state index in [1.54, 1.807) is 0 Å². The van der Waals surface area contributed by atoms with Crippen molar-refractivity contribution in [2.75, 3.05) is 6.54 Å². The molecule has 0 bridgehead atoms. The lowest BCUT2D eigenvalue weighted by molar-refractivity contribution is 0.199. The number of nitrogens with zero attached hydrogens (tertiary/aromatic N) is 1. The van der Waals surface area contributed by atoms with Crippen molar-refractivity contribution in [3.63, 3.8) is 0 Å². The standard InChI is InChI=1S/C15H24N2/c1-4-17-14(12-7-6-10-16-11-12)13-8-5-9-15(13,2)3/h6-7,10-11,13-14,17H,4-5,8-9H2,1-3H3. The van der Waals surface area contributed by atoms with Crippen LogP contribution in [0.25, 0.3) is 0 Å². The summed E-state index contributed by atoms with van der Waals surface area (Å²) in [5, 5.41) is 3.66. The Bertz CT molecular complexity index is 345. The third kappa shape index (κ3) is 2.68. The molecule has 1 heterocycles. The molecule has 0 amide bonds. The lowest BCUT2D eigenvalue weighted by Crippen LogP contribution is -2.33. The lowest BCUT2D eigenvalue weighted by atomic mass is 9.75. The Morgan fingerprint density at radius 2 is 2.35 bits per heavy atom. The predicted molar refractivity (Wildman–Crippen MR) is 71.8 cm³/mol. The molecular formula is C15H24N2. The van der Waals surface area contributed by atoms with Crippen molar-refractivity contribution in [3.8, 4) is 0 Å². The summed E-state index contributed by atoms with van der Waals surface area (Å²) >= 11 is 0. The molecule has 0 aromatic carbocycles. The van der Waals surface area contributed by atoms with E-state index >= 15 is 0 Å². The minimum Gasteiger partial charge on any atom is -0.310 e. The highest BCUT2D eigenvalue weighted by molar-refractivity contribution is 5.16. The summed E-state index contributed by atoms with van der Waals surface area (Å²) in [7, 11) is 0. The summed E-state index contributed by atoms with van der Waals surface area (Å²) in [6.07, 6.45) is 7.91. The highest BCUT2D eigenvalue weighted by Gasteiger charge is 2.39. The molecule has 2 unspecified atom stereocenters. The van der Waals surface area contributed by atoms with E-state index in [4.69, 9.17) is 0 Å². The molecule has 94 valence electrons. The fourth-order valence-electron chi connectivity index (χ4n) is 3.24. The molecule has 0 radical (unpaired) electrons. The molecule has 17 heavy (non-hydrogen) atoms. The summed E-state index contributed by atoms with van der Waals surface area (Å²) in [5.74, 6) is 0.728. The van der Waals surface area contributed by atoms with Crippen LogP contribution >= 0.6 is 0 Å². The van der Waals surface area contributed by atoms with Gasteiger partial charge in [-0.3, -0.25) is 4.98 Å². The third-order valence-corrected chi connectivity index (χ3v) is 4.21. The minimum absolute atomic E-state index is 0.447. The highest BCUT2D eigenvalue weighted by atomic mass is 14.9. The average molecular weight is 232 g/mol. The monoisotopic (exact) mass is 232 g/mol. The molecule has 1 aromatic rings. The number of aromatic nitrogens is 1. The second kappa shape index (κ2) is 5.18. The van der Waals surface area contributed by atoms with Gasteiger partial charge in [0.15, 0.2) is 0 Å². The molecule has 1 aromatic heterocycles. The van der Waals surface area contributed by atoms with Crippen molar-refractivity contribution in [3.05, 3.63) is 30.1 Å². The molecule has 0 saturated heterocycles. The molecule has 2 atom stereocenters. The zero-order valence-corrected chi connectivity index (χ0v) is 11.2. The van der Waals surface area contributed by atoms with E-state index in [0.29, 0.717) is 11.5 Å². The van der Waals surface area contributed by atoms with E-state index in [1.807, 2.05) is 18.5 Å². The molecule has 0 aliphatic heterocycles. The zero-order chi connectivity index (χ0) is 12.3. The summed E-state index contributed by atoms with van der Waals surface area (Å²) in [6, 6.07) is 4.71. The first-order valence-electron chi connectivity index (χ1n) is 6.78. The molecule has 2 heteroatoms. The van der Waals surface area contributed by atoms with E-state index < -0.39 is 0 Å². The number of pyridine rings is 1. The second-order valence-corrected chi connectivity index (χ2v) is 5.81. The Kier molecular flexibility index (Phi) is 3.82. The Balaban J connectivity index is 2.23. The third-order valence-electron chi connectivity index (χ3n) is 4.21. The van der Waals surface area contributed by atoms with Crippen LogP contribution in [0.2, 0.25) is 0 Å². The van der Waals surface area contributed by atoms with Gasteiger partial charge in [0.1, 0.15) is 0 Å². The van der Waals surface area contributed by atoms with Crippen LogP contribution < -0.4 is 5.32 Å². The summed E-state index contributed by atoms with van der Waals surface area (Å²) in [5.41, 5.74) is 1.79. The smallest absolute Gasteiger partial charge is 0.0368 e. The van der Waals surface area contributed by atoms with Crippen LogP contribution in [0.3, 0.4) is 0 Å². The Morgan fingerprint density at radius 1 is 1.53 bits per heavy atom. The average Bonchev–Trinajstić information content (AvgIpc) is 2.67. The molecule has 2 nitrogen and oxygen atoms in total. The molecule has 2 rings (SSSR count). The van der Waals surface area contributed by atoms with Crippen LogP contribution in [0.15, 0.2) is 24.5 Å². The first-order chi connectivity index (χ1) is 8.15. The number of rotatable bonds is 4. The van der Waals surface area contributed by atoms with Gasteiger partial charge in [0.2, 0.25) is 0 Å². The number of nitrogens with one attached hydrogen (secondary N) is 1. The van der Waals surface area contributed by atoms with Crippen LogP contribution in [0, 0.1) is 11.3 Å². The highest BCUT2D eigenvalue weighted by Crippen LogP contribution is 2.48. The van der Waals surface area contributed by atoms with Gasteiger partial charge in [0.25, 0.3) is 0 Å². The molecule has 1 fully saturated rings.